The van der Waals surface area contributed by atoms with Gasteiger partial charge in [-0.3, -0.25) is 4.79 Å². The van der Waals surface area contributed by atoms with Crippen LogP contribution in [0.4, 0.5) is 5.69 Å². The second kappa shape index (κ2) is 7.46. The average Bonchev–Trinajstić information content (AvgIpc) is 2.52. The molecule has 1 aromatic carbocycles. The van der Waals surface area contributed by atoms with Crippen LogP contribution in [0.1, 0.15) is 26.3 Å². The first-order chi connectivity index (χ1) is 10.1. The first-order valence-corrected chi connectivity index (χ1v) is 7.98. The van der Waals surface area contributed by atoms with E-state index in [1.54, 1.807) is 0 Å². The Labute approximate surface area is 127 Å². The summed E-state index contributed by atoms with van der Waals surface area (Å²) in [4.78, 5) is 14.7. The topological polar surface area (TPSA) is 44.4 Å². The van der Waals surface area contributed by atoms with E-state index in [0.29, 0.717) is 0 Å². The van der Waals surface area contributed by atoms with Gasteiger partial charge >= 0.3 is 0 Å². The fourth-order valence-electron chi connectivity index (χ4n) is 2.90. The highest BCUT2D eigenvalue weighted by Crippen LogP contribution is 2.24. The van der Waals surface area contributed by atoms with E-state index in [2.05, 4.69) is 48.4 Å². The molecule has 21 heavy (non-hydrogen) atoms. The van der Waals surface area contributed by atoms with Gasteiger partial charge in [0, 0.05) is 24.8 Å². The molecule has 0 saturated carbocycles. The molecular weight excluding hydrogens is 262 g/mol. The third-order valence-electron chi connectivity index (χ3n) is 4.21. The summed E-state index contributed by atoms with van der Waals surface area (Å²) < 4.78 is 0. The molecule has 4 heteroatoms. The van der Waals surface area contributed by atoms with E-state index in [-0.39, 0.29) is 17.9 Å². The Kier molecular flexibility index (Phi) is 5.62. The minimum atomic E-state index is 0.0269. The molecule has 0 saturated heterocycles. The number of hydrogen-bond donors (Lipinski definition) is 2. The Morgan fingerprint density at radius 2 is 2.10 bits per heavy atom. The largest absolute Gasteiger partial charge is 0.384 e. The van der Waals surface area contributed by atoms with Crippen molar-refractivity contribution in [3.63, 3.8) is 0 Å². The Bertz CT molecular complexity index is 471. The molecule has 1 aliphatic rings. The second-order valence-corrected chi connectivity index (χ2v) is 5.83. The van der Waals surface area contributed by atoms with Crippen LogP contribution in [0.15, 0.2) is 24.3 Å². The van der Waals surface area contributed by atoms with Crippen LogP contribution < -0.4 is 10.6 Å². The van der Waals surface area contributed by atoms with Crippen LogP contribution in [-0.4, -0.2) is 43.0 Å². The Hall–Kier alpha value is -1.55. The molecule has 0 spiro atoms. The van der Waals surface area contributed by atoms with Crippen molar-refractivity contribution in [3.05, 3.63) is 29.8 Å². The van der Waals surface area contributed by atoms with Crippen molar-refractivity contribution in [2.45, 2.75) is 33.2 Å². The zero-order valence-corrected chi connectivity index (χ0v) is 13.4. The summed E-state index contributed by atoms with van der Waals surface area (Å²) in [5.74, 6) is 0.190. The fraction of sp³-hybridized carbons (Fsp3) is 0.588. The third-order valence-corrected chi connectivity index (χ3v) is 4.21. The molecule has 0 aliphatic carbocycles. The Morgan fingerprint density at radius 1 is 1.38 bits per heavy atom. The van der Waals surface area contributed by atoms with E-state index in [0.717, 1.165) is 38.3 Å². The number of likely N-dealkylation sites (N-methyl/N-ethyl adjacent to an activating group) is 1. The summed E-state index contributed by atoms with van der Waals surface area (Å²) in [6.07, 6.45) is 0.826. The average molecular weight is 289 g/mol. The molecular formula is C17H27N3O. The lowest BCUT2D eigenvalue weighted by Crippen LogP contribution is -2.46. The van der Waals surface area contributed by atoms with E-state index in [1.807, 2.05) is 12.1 Å². The molecule has 2 N–H and O–H groups in total. The van der Waals surface area contributed by atoms with Gasteiger partial charge in [0.15, 0.2) is 0 Å². The number of anilines is 1. The lowest BCUT2D eigenvalue weighted by Gasteiger charge is -2.28. The van der Waals surface area contributed by atoms with Gasteiger partial charge in [0.05, 0.1) is 5.92 Å². The predicted molar refractivity (Wildman–Crippen MR) is 87.5 cm³/mol. The number of amides is 1. The van der Waals surface area contributed by atoms with Gasteiger partial charge in [0.1, 0.15) is 0 Å². The van der Waals surface area contributed by atoms with Crippen molar-refractivity contribution in [3.8, 4) is 0 Å². The zero-order chi connectivity index (χ0) is 15.2. The van der Waals surface area contributed by atoms with E-state index < -0.39 is 0 Å². The van der Waals surface area contributed by atoms with Crippen molar-refractivity contribution in [1.82, 2.24) is 10.2 Å². The Balaban J connectivity index is 1.87. The number of rotatable bonds is 6. The van der Waals surface area contributed by atoms with Crippen LogP contribution in [0.25, 0.3) is 0 Å². The molecule has 1 aromatic rings. The number of carbonyl (C=O) groups excluding carboxylic acids is 1. The van der Waals surface area contributed by atoms with Crippen LogP contribution in [0, 0.1) is 5.92 Å². The van der Waals surface area contributed by atoms with Crippen molar-refractivity contribution in [2.24, 2.45) is 5.92 Å². The summed E-state index contributed by atoms with van der Waals surface area (Å²) in [5.41, 5.74) is 2.40. The molecule has 2 atom stereocenters. The lowest BCUT2D eigenvalue weighted by molar-refractivity contribution is -0.125. The van der Waals surface area contributed by atoms with Gasteiger partial charge in [-0.25, -0.2) is 0 Å². The van der Waals surface area contributed by atoms with Crippen LogP contribution in [0.2, 0.25) is 0 Å². The minimum Gasteiger partial charge on any atom is -0.384 e. The normalized spacial score (nSPS) is 18.8. The lowest BCUT2D eigenvalue weighted by atomic mass is 9.93. The first-order valence-electron chi connectivity index (χ1n) is 7.98. The van der Waals surface area contributed by atoms with E-state index in [4.69, 9.17) is 0 Å². The SMILES string of the molecule is CCN(CC)CC(C)NC(=O)C1CNc2ccccc2C1. The van der Waals surface area contributed by atoms with E-state index >= 15 is 0 Å². The molecule has 0 bridgehead atoms. The summed E-state index contributed by atoms with van der Waals surface area (Å²) in [6, 6.07) is 8.42. The van der Waals surface area contributed by atoms with Gasteiger partial charge in [-0.05, 0) is 38.1 Å². The number of benzene rings is 1. The second-order valence-electron chi connectivity index (χ2n) is 5.83. The minimum absolute atomic E-state index is 0.0269. The van der Waals surface area contributed by atoms with Crippen molar-refractivity contribution >= 4 is 11.6 Å². The van der Waals surface area contributed by atoms with Crippen LogP contribution in [-0.2, 0) is 11.2 Å². The number of nitrogens with one attached hydrogen (secondary N) is 2. The van der Waals surface area contributed by atoms with Gasteiger partial charge in [-0.2, -0.15) is 0 Å². The van der Waals surface area contributed by atoms with Gasteiger partial charge in [-0.1, -0.05) is 32.0 Å². The first kappa shape index (κ1) is 15.8. The number of fused-ring (bicyclic) bond motifs is 1. The highest BCUT2D eigenvalue weighted by atomic mass is 16.2. The molecule has 2 rings (SSSR count). The molecule has 0 aromatic heterocycles. The maximum Gasteiger partial charge on any atom is 0.225 e. The molecule has 1 heterocycles. The summed E-state index contributed by atoms with van der Waals surface area (Å²) in [7, 11) is 0. The van der Waals surface area contributed by atoms with Crippen LogP contribution in [0.5, 0.6) is 0 Å². The summed E-state index contributed by atoms with van der Waals surface area (Å²) in [6.45, 7) is 10.1. The molecule has 0 radical (unpaired) electrons. The number of para-hydroxylation sites is 1. The van der Waals surface area contributed by atoms with Crippen molar-refractivity contribution < 1.29 is 4.79 Å². The van der Waals surface area contributed by atoms with Gasteiger partial charge in [-0.15, -0.1) is 0 Å². The highest BCUT2D eigenvalue weighted by Gasteiger charge is 2.25. The maximum atomic E-state index is 12.4. The standard InChI is InChI=1S/C17H27N3O/c1-4-20(5-2)12-13(3)19-17(21)15-10-14-8-6-7-9-16(14)18-11-15/h6-9,13,15,18H,4-5,10-12H2,1-3H3,(H,19,21). The highest BCUT2D eigenvalue weighted by molar-refractivity contribution is 5.81. The summed E-state index contributed by atoms with van der Waals surface area (Å²) in [5, 5.41) is 6.52. The van der Waals surface area contributed by atoms with Crippen LogP contribution >= 0.6 is 0 Å². The summed E-state index contributed by atoms with van der Waals surface area (Å²) >= 11 is 0. The molecule has 4 nitrogen and oxygen atoms in total. The molecule has 1 amide bonds. The fourth-order valence-corrected chi connectivity index (χ4v) is 2.90. The molecule has 0 fully saturated rings. The Morgan fingerprint density at radius 3 is 2.81 bits per heavy atom. The number of nitrogens with zero attached hydrogens (tertiary/aromatic N) is 1. The number of carbonyl (C=O) groups is 1. The van der Waals surface area contributed by atoms with E-state index in [9.17, 15) is 4.79 Å². The monoisotopic (exact) mass is 289 g/mol. The molecule has 2 unspecified atom stereocenters. The van der Waals surface area contributed by atoms with Crippen LogP contribution in [0.3, 0.4) is 0 Å². The predicted octanol–water partition coefficient (Wildman–Crippen LogP) is 2.12. The number of hydrogen-bond acceptors (Lipinski definition) is 3. The van der Waals surface area contributed by atoms with Crippen molar-refractivity contribution in [1.29, 1.82) is 0 Å². The zero-order valence-electron chi connectivity index (χ0n) is 13.4. The third kappa shape index (κ3) is 4.21. The maximum absolute atomic E-state index is 12.4. The molecule has 116 valence electrons. The van der Waals surface area contributed by atoms with Crippen molar-refractivity contribution in [2.75, 3.05) is 31.5 Å². The quantitative estimate of drug-likeness (QED) is 0.843. The molecule has 1 aliphatic heterocycles. The van der Waals surface area contributed by atoms with Gasteiger partial charge in [0.25, 0.3) is 0 Å². The van der Waals surface area contributed by atoms with Gasteiger partial charge < -0.3 is 15.5 Å². The van der Waals surface area contributed by atoms with E-state index in [1.165, 1.54) is 5.56 Å². The smallest absolute Gasteiger partial charge is 0.225 e. The van der Waals surface area contributed by atoms with Gasteiger partial charge in [0.2, 0.25) is 5.91 Å².